The fourth-order valence-electron chi connectivity index (χ4n) is 3.33. The van der Waals surface area contributed by atoms with Crippen LogP contribution in [-0.2, 0) is 6.42 Å². The van der Waals surface area contributed by atoms with Crippen molar-refractivity contribution in [2.75, 3.05) is 7.05 Å². The molecule has 4 nitrogen and oxygen atoms in total. The van der Waals surface area contributed by atoms with Crippen LogP contribution in [0.3, 0.4) is 0 Å². The van der Waals surface area contributed by atoms with E-state index in [4.69, 9.17) is 11.6 Å². The van der Waals surface area contributed by atoms with Gasteiger partial charge in [0.2, 0.25) is 0 Å². The van der Waals surface area contributed by atoms with Gasteiger partial charge in [0.05, 0.1) is 6.04 Å². The predicted molar refractivity (Wildman–Crippen MR) is 94.8 cm³/mol. The number of hydrogen-bond acceptors (Lipinski definition) is 2. The van der Waals surface area contributed by atoms with Gasteiger partial charge in [-0.1, -0.05) is 23.7 Å². The molecule has 1 aliphatic carbocycles. The van der Waals surface area contributed by atoms with Crippen molar-refractivity contribution in [1.29, 1.82) is 0 Å². The standard InChI is InChI=1S/C19H21ClN2O2/c1-11-17-15(8-5-9-16(17)23)21-18(11)19(24)22(3)12(2)13-6-4-7-14(20)10-13/h4,6-7,10,12,21H,5,8-9H2,1-3H3. The molecule has 3 rings (SSSR count). The number of aromatic nitrogens is 1. The molecule has 5 heteroatoms. The van der Waals surface area contributed by atoms with Gasteiger partial charge >= 0.3 is 0 Å². The van der Waals surface area contributed by atoms with Crippen molar-refractivity contribution in [3.8, 4) is 0 Å². The Labute approximate surface area is 146 Å². The van der Waals surface area contributed by atoms with Crippen molar-refractivity contribution in [2.45, 2.75) is 39.2 Å². The fourth-order valence-corrected chi connectivity index (χ4v) is 3.53. The number of nitrogens with zero attached hydrogens (tertiary/aromatic N) is 1. The topological polar surface area (TPSA) is 53.2 Å². The molecule has 1 aromatic heterocycles. The summed E-state index contributed by atoms with van der Waals surface area (Å²) in [6.07, 6.45) is 2.23. The summed E-state index contributed by atoms with van der Waals surface area (Å²) in [6, 6.07) is 7.40. The quantitative estimate of drug-likeness (QED) is 0.901. The number of ketones is 1. The van der Waals surface area contributed by atoms with E-state index in [2.05, 4.69) is 4.98 Å². The van der Waals surface area contributed by atoms with E-state index in [1.807, 2.05) is 38.1 Å². The Morgan fingerprint density at radius 1 is 1.33 bits per heavy atom. The molecule has 1 unspecified atom stereocenters. The highest BCUT2D eigenvalue weighted by Gasteiger charge is 2.29. The Balaban J connectivity index is 1.90. The zero-order valence-electron chi connectivity index (χ0n) is 14.1. The van der Waals surface area contributed by atoms with Crippen LogP contribution in [0.15, 0.2) is 24.3 Å². The average molecular weight is 345 g/mol. The van der Waals surface area contributed by atoms with Crippen LogP contribution in [0.1, 0.15) is 63.5 Å². The number of fused-ring (bicyclic) bond motifs is 1. The number of Topliss-reactive ketones (excluding diaryl/α,β-unsaturated/α-hetero) is 1. The molecule has 1 heterocycles. The third-order valence-corrected chi connectivity index (χ3v) is 5.12. The molecule has 0 saturated carbocycles. The summed E-state index contributed by atoms with van der Waals surface area (Å²) in [5.74, 6) is 0.0248. The first-order valence-corrected chi connectivity index (χ1v) is 8.55. The molecule has 1 aromatic carbocycles. The fraction of sp³-hybridized carbons (Fsp3) is 0.368. The number of nitrogens with one attached hydrogen (secondary N) is 1. The number of carbonyl (C=O) groups excluding carboxylic acids is 2. The van der Waals surface area contributed by atoms with E-state index >= 15 is 0 Å². The molecule has 0 saturated heterocycles. The first-order chi connectivity index (χ1) is 11.4. The number of aromatic amines is 1. The second kappa shape index (κ2) is 6.44. The van der Waals surface area contributed by atoms with E-state index in [1.54, 1.807) is 11.9 Å². The van der Waals surface area contributed by atoms with Gasteiger partial charge in [-0.15, -0.1) is 0 Å². The summed E-state index contributed by atoms with van der Waals surface area (Å²) in [5, 5.41) is 0.650. The summed E-state index contributed by atoms with van der Waals surface area (Å²) in [6.45, 7) is 3.82. The van der Waals surface area contributed by atoms with Gasteiger partial charge in [-0.25, -0.2) is 0 Å². The molecule has 1 atom stereocenters. The van der Waals surface area contributed by atoms with Crippen LogP contribution in [-0.4, -0.2) is 28.6 Å². The van der Waals surface area contributed by atoms with Crippen LogP contribution >= 0.6 is 11.6 Å². The Bertz CT molecular complexity index is 810. The largest absolute Gasteiger partial charge is 0.354 e. The highest BCUT2D eigenvalue weighted by molar-refractivity contribution is 6.30. The lowest BCUT2D eigenvalue weighted by Crippen LogP contribution is -2.30. The van der Waals surface area contributed by atoms with Gasteiger partial charge in [0.25, 0.3) is 5.91 Å². The number of halogens is 1. The predicted octanol–water partition coefficient (Wildman–Crippen LogP) is 4.33. The van der Waals surface area contributed by atoms with E-state index in [1.165, 1.54) is 0 Å². The van der Waals surface area contributed by atoms with Crippen LogP contribution in [0.4, 0.5) is 0 Å². The minimum absolute atomic E-state index is 0.109. The Hall–Kier alpha value is -2.07. The van der Waals surface area contributed by atoms with Crippen molar-refractivity contribution in [1.82, 2.24) is 9.88 Å². The maximum atomic E-state index is 12.9. The van der Waals surface area contributed by atoms with Gasteiger partial charge in [0.15, 0.2) is 5.78 Å². The number of amides is 1. The van der Waals surface area contributed by atoms with Crippen molar-refractivity contribution < 1.29 is 9.59 Å². The van der Waals surface area contributed by atoms with Crippen LogP contribution in [0.25, 0.3) is 0 Å². The number of rotatable bonds is 3. The summed E-state index contributed by atoms with van der Waals surface area (Å²) >= 11 is 6.05. The van der Waals surface area contributed by atoms with Gasteiger partial charge in [0.1, 0.15) is 5.69 Å². The van der Waals surface area contributed by atoms with Gasteiger partial charge < -0.3 is 9.88 Å². The van der Waals surface area contributed by atoms with E-state index in [9.17, 15) is 9.59 Å². The van der Waals surface area contributed by atoms with Gasteiger partial charge in [-0.05, 0) is 49.9 Å². The van der Waals surface area contributed by atoms with E-state index in [0.29, 0.717) is 22.7 Å². The number of benzene rings is 1. The highest BCUT2D eigenvalue weighted by atomic mass is 35.5. The van der Waals surface area contributed by atoms with Crippen LogP contribution in [0.2, 0.25) is 5.02 Å². The Morgan fingerprint density at radius 3 is 2.75 bits per heavy atom. The summed E-state index contributed by atoms with van der Waals surface area (Å²) in [4.78, 5) is 30.0. The molecule has 0 radical (unpaired) electrons. The Morgan fingerprint density at radius 2 is 2.08 bits per heavy atom. The number of hydrogen-bond donors (Lipinski definition) is 1. The zero-order valence-corrected chi connectivity index (χ0v) is 14.9. The highest BCUT2D eigenvalue weighted by Crippen LogP contribution is 2.29. The van der Waals surface area contributed by atoms with Crippen molar-refractivity contribution in [3.05, 3.63) is 57.4 Å². The molecular weight excluding hydrogens is 324 g/mol. The van der Waals surface area contributed by atoms with Crippen LogP contribution in [0, 0.1) is 6.92 Å². The normalized spacial score (nSPS) is 15.1. The van der Waals surface area contributed by atoms with Crippen molar-refractivity contribution >= 4 is 23.3 Å². The smallest absolute Gasteiger partial charge is 0.270 e. The molecule has 0 spiro atoms. The lowest BCUT2D eigenvalue weighted by atomic mass is 9.93. The van der Waals surface area contributed by atoms with Crippen molar-refractivity contribution in [3.63, 3.8) is 0 Å². The molecule has 0 fully saturated rings. The minimum atomic E-state index is -0.119. The Kier molecular flexibility index (Phi) is 4.50. The number of aryl methyl sites for hydroxylation is 1. The molecule has 0 bridgehead atoms. The first kappa shape index (κ1) is 16.8. The summed E-state index contributed by atoms with van der Waals surface area (Å²) in [7, 11) is 1.77. The lowest BCUT2D eigenvalue weighted by Gasteiger charge is -2.25. The number of H-pyrrole nitrogens is 1. The first-order valence-electron chi connectivity index (χ1n) is 8.17. The second-order valence-corrected chi connectivity index (χ2v) is 6.84. The molecule has 2 aromatic rings. The molecule has 0 aliphatic heterocycles. The minimum Gasteiger partial charge on any atom is -0.354 e. The monoisotopic (exact) mass is 344 g/mol. The van der Waals surface area contributed by atoms with Gasteiger partial charge in [-0.3, -0.25) is 9.59 Å². The third-order valence-electron chi connectivity index (χ3n) is 4.88. The molecule has 1 amide bonds. The van der Waals surface area contributed by atoms with E-state index in [-0.39, 0.29) is 17.7 Å². The van der Waals surface area contributed by atoms with E-state index < -0.39 is 0 Å². The van der Waals surface area contributed by atoms with Gasteiger partial charge in [-0.2, -0.15) is 0 Å². The second-order valence-electron chi connectivity index (χ2n) is 6.40. The van der Waals surface area contributed by atoms with Crippen LogP contribution in [0.5, 0.6) is 0 Å². The van der Waals surface area contributed by atoms with Gasteiger partial charge in [0, 0.05) is 29.7 Å². The molecule has 24 heavy (non-hydrogen) atoms. The van der Waals surface area contributed by atoms with E-state index in [0.717, 1.165) is 29.7 Å². The molecule has 1 aliphatic rings. The number of carbonyl (C=O) groups is 2. The SMILES string of the molecule is Cc1c(C(=O)N(C)C(C)c2cccc(Cl)c2)[nH]c2c1C(=O)CCC2. The van der Waals surface area contributed by atoms with Crippen molar-refractivity contribution in [2.24, 2.45) is 0 Å². The average Bonchev–Trinajstić information content (AvgIpc) is 2.91. The molecule has 126 valence electrons. The lowest BCUT2D eigenvalue weighted by molar-refractivity contribution is 0.0736. The van der Waals surface area contributed by atoms with Crippen LogP contribution < -0.4 is 0 Å². The maximum absolute atomic E-state index is 12.9. The molecular formula is C19H21ClN2O2. The maximum Gasteiger partial charge on any atom is 0.270 e. The summed E-state index contributed by atoms with van der Waals surface area (Å²) in [5.41, 5.74) is 3.88. The summed E-state index contributed by atoms with van der Waals surface area (Å²) < 4.78 is 0. The third kappa shape index (κ3) is 2.86. The molecule has 1 N–H and O–H groups in total. The zero-order chi connectivity index (χ0) is 17.4.